The van der Waals surface area contributed by atoms with E-state index in [9.17, 15) is 14.7 Å². The van der Waals surface area contributed by atoms with Gasteiger partial charge in [0, 0.05) is 37.2 Å². The van der Waals surface area contributed by atoms with Crippen LogP contribution in [0.15, 0.2) is 46.5 Å². The smallest absolute Gasteiger partial charge is 0.266 e. The summed E-state index contributed by atoms with van der Waals surface area (Å²) < 4.78 is 11.5. The summed E-state index contributed by atoms with van der Waals surface area (Å²) in [7, 11) is 1.50. The van der Waals surface area contributed by atoms with Crippen LogP contribution >= 0.6 is 12.2 Å². The monoisotopic (exact) mass is 578 g/mol. The largest absolute Gasteiger partial charge is 0.495 e. The second-order valence-electron chi connectivity index (χ2n) is 12.0. The Kier molecular flexibility index (Phi) is 9.22. The maximum atomic E-state index is 13.9. The fraction of sp³-hybridized carbons (Fsp3) is 0.515. The number of ether oxygens (including phenoxy) is 1. The van der Waals surface area contributed by atoms with Crippen LogP contribution in [-0.2, 0) is 28.0 Å². The minimum atomic E-state index is -0.453. The van der Waals surface area contributed by atoms with Crippen molar-refractivity contribution < 1.29 is 19.2 Å². The molecule has 41 heavy (non-hydrogen) atoms. The third-order valence-corrected chi connectivity index (χ3v) is 8.72. The predicted octanol–water partition coefficient (Wildman–Crippen LogP) is 6.67. The molecule has 2 aromatic rings. The highest BCUT2D eigenvalue weighted by molar-refractivity contribution is 7.71. The maximum absolute atomic E-state index is 13.9. The molecule has 0 bridgehead atoms. The fourth-order valence-electron chi connectivity index (χ4n) is 5.79. The molecule has 0 amide bonds. The van der Waals surface area contributed by atoms with Crippen LogP contribution in [0.25, 0.3) is 5.57 Å². The van der Waals surface area contributed by atoms with Crippen molar-refractivity contribution in [3.63, 3.8) is 0 Å². The van der Waals surface area contributed by atoms with Crippen molar-refractivity contribution in [1.82, 2.24) is 9.13 Å². The number of unbranched alkanes of at least 4 members (excludes halogenated alkanes) is 2. The standard InChI is InChI=1S/C33H43N3O4S/c1-8-10-17-35-30(38)27(31(39)36(32(35)41)18-11-9-2)26-28(37)22(29(26)40-7)20-25-33(5,6)23-14-12-13-15-24(23)34(25)19-16-21(3)4/h12-15,20-21H,8-11,16-19H2,1-7H3/p+1. The van der Waals surface area contributed by atoms with Gasteiger partial charge in [-0.15, -0.1) is 0 Å². The average Bonchev–Trinajstić information content (AvgIpc) is 3.15. The van der Waals surface area contributed by atoms with Crippen molar-refractivity contribution in [3.05, 3.63) is 67.9 Å². The third-order valence-electron chi connectivity index (χ3n) is 8.28. The molecule has 0 radical (unpaired) electrons. The van der Waals surface area contributed by atoms with Gasteiger partial charge >= 0.3 is 0 Å². The third kappa shape index (κ3) is 5.39. The second-order valence-corrected chi connectivity index (χ2v) is 12.3. The van der Waals surface area contributed by atoms with Crippen LogP contribution in [0.1, 0.15) is 84.8 Å². The van der Waals surface area contributed by atoms with E-state index in [0.717, 1.165) is 50.0 Å². The van der Waals surface area contributed by atoms with Gasteiger partial charge in [0.05, 0.1) is 23.7 Å². The number of aromatic hydroxyl groups is 1. The van der Waals surface area contributed by atoms with Gasteiger partial charge in [-0.3, -0.25) is 18.7 Å². The van der Waals surface area contributed by atoms with Crippen LogP contribution in [0.4, 0.5) is 5.69 Å². The molecule has 0 unspecified atom stereocenters. The molecule has 1 aliphatic carbocycles. The quantitative estimate of drug-likeness (QED) is 0.173. The minimum absolute atomic E-state index is 0.0274. The maximum Gasteiger partial charge on any atom is 0.266 e. The number of carbonyl (C=O) groups is 1. The SMILES string of the molecule is CCCCn1c(O)c(C2=C(OC)/C(=C/C3=[N+](CCC(C)C)c4ccccc4C3(C)C)C2=O)c(=O)n(CCCC)c1=S. The zero-order chi connectivity index (χ0) is 30.1. The number of benzene rings is 1. The van der Waals surface area contributed by atoms with E-state index in [1.165, 1.54) is 17.2 Å². The van der Waals surface area contributed by atoms with E-state index >= 15 is 0 Å². The lowest BCUT2D eigenvalue weighted by Crippen LogP contribution is -2.35. The summed E-state index contributed by atoms with van der Waals surface area (Å²) >= 11 is 5.63. The zero-order valence-corrected chi connectivity index (χ0v) is 26.4. The van der Waals surface area contributed by atoms with Gasteiger partial charge in [-0.05, 0) is 44.8 Å². The first-order valence-electron chi connectivity index (χ1n) is 14.9. The van der Waals surface area contributed by atoms with Crippen molar-refractivity contribution in [2.75, 3.05) is 13.7 Å². The number of ketones is 1. The van der Waals surface area contributed by atoms with Crippen LogP contribution in [0, 0.1) is 10.7 Å². The van der Waals surface area contributed by atoms with E-state index in [4.69, 9.17) is 17.0 Å². The van der Waals surface area contributed by atoms with Crippen molar-refractivity contribution >= 4 is 35.0 Å². The van der Waals surface area contributed by atoms with Crippen LogP contribution in [0.5, 0.6) is 5.88 Å². The summed E-state index contributed by atoms with van der Waals surface area (Å²) in [5.74, 6) is 0.277. The Labute approximate surface area is 248 Å². The molecule has 4 rings (SSSR count). The van der Waals surface area contributed by atoms with E-state index in [1.807, 2.05) is 25.1 Å². The van der Waals surface area contributed by atoms with E-state index < -0.39 is 5.56 Å². The normalized spacial score (nSPS) is 17.1. The highest BCUT2D eigenvalue weighted by atomic mass is 32.1. The van der Waals surface area contributed by atoms with Crippen molar-refractivity contribution in [2.45, 2.75) is 92.2 Å². The number of aromatic nitrogens is 2. The number of nitrogens with zero attached hydrogens (tertiary/aromatic N) is 3. The lowest BCUT2D eigenvalue weighted by Gasteiger charge is -2.27. The van der Waals surface area contributed by atoms with E-state index in [-0.39, 0.29) is 33.0 Å². The molecule has 220 valence electrons. The molecule has 2 aliphatic rings. The van der Waals surface area contributed by atoms with Gasteiger partial charge in [0.1, 0.15) is 17.9 Å². The summed E-state index contributed by atoms with van der Waals surface area (Å²) in [6.07, 6.45) is 6.24. The molecule has 0 atom stereocenters. The number of methoxy groups -OCH3 is 1. The zero-order valence-electron chi connectivity index (χ0n) is 25.5. The van der Waals surface area contributed by atoms with Gasteiger partial charge in [0.25, 0.3) is 5.56 Å². The van der Waals surface area contributed by atoms with Crippen LogP contribution < -0.4 is 5.56 Å². The Bertz CT molecular complexity index is 1570. The number of Topliss-reactive ketones (excluding diaryl/α,β-unsaturated/α-hetero) is 1. The first-order valence-corrected chi connectivity index (χ1v) is 15.3. The van der Waals surface area contributed by atoms with Crippen molar-refractivity contribution in [3.8, 4) is 5.88 Å². The van der Waals surface area contributed by atoms with Gasteiger partial charge < -0.3 is 9.84 Å². The molecular formula is C33H44N3O4S+. The number of allylic oxidation sites excluding steroid dienone is 3. The summed E-state index contributed by atoms with van der Waals surface area (Å²) in [6, 6.07) is 8.37. The summed E-state index contributed by atoms with van der Waals surface area (Å²) in [4.78, 5) is 27.6. The van der Waals surface area contributed by atoms with E-state index in [2.05, 4.69) is 51.3 Å². The number of hydrogen-bond acceptors (Lipinski definition) is 5. The molecule has 1 aliphatic heterocycles. The highest BCUT2D eigenvalue weighted by Gasteiger charge is 2.47. The average molecular weight is 579 g/mol. The van der Waals surface area contributed by atoms with Gasteiger partial charge in [0.15, 0.2) is 10.5 Å². The minimum Gasteiger partial charge on any atom is -0.495 e. The number of rotatable bonds is 12. The first kappa shape index (κ1) is 30.7. The van der Waals surface area contributed by atoms with Crippen LogP contribution in [0.3, 0.4) is 0 Å². The first-order chi connectivity index (χ1) is 19.5. The molecular weight excluding hydrogens is 534 g/mol. The molecule has 0 saturated carbocycles. The predicted molar refractivity (Wildman–Crippen MR) is 167 cm³/mol. The fourth-order valence-corrected chi connectivity index (χ4v) is 6.14. The number of para-hydroxylation sites is 1. The Balaban J connectivity index is 1.92. The molecule has 1 N–H and O–H groups in total. The van der Waals surface area contributed by atoms with Gasteiger partial charge in [0.2, 0.25) is 17.4 Å². The highest BCUT2D eigenvalue weighted by Crippen LogP contribution is 2.44. The molecule has 0 fully saturated rings. The Morgan fingerprint density at radius 1 is 1.07 bits per heavy atom. The Morgan fingerprint density at radius 3 is 2.32 bits per heavy atom. The Hall–Kier alpha value is -3.26. The molecule has 7 nitrogen and oxygen atoms in total. The van der Waals surface area contributed by atoms with Crippen molar-refractivity contribution in [2.24, 2.45) is 5.92 Å². The van der Waals surface area contributed by atoms with E-state index in [1.54, 1.807) is 4.57 Å². The molecule has 0 saturated heterocycles. The molecule has 1 aromatic carbocycles. The second kappa shape index (κ2) is 12.3. The Morgan fingerprint density at radius 2 is 1.71 bits per heavy atom. The lowest BCUT2D eigenvalue weighted by molar-refractivity contribution is -0.439. The van der Waals surface area contributed by atoms with Gasteiger partial charge in [-0.25, -0.2) is 0 Å². The molecule has 2 heterocycles. The van der Waals surface area contributed by atoms with Crippen molar-refractivity contribution in [1.29, 1.82) is 0 Å². The van der Waals surface area contributed by atoms with Gasteiger partial charge in [-0.1, -0.05) is 58.7 Å². The van der Waals surface area contributed by atoms with E-state index in [0.29, 0.717) is 30.3 Å². The summed E-state index contributed by atoms with van der Waals surface area (Å²) in [5, 5.41) is 11.3. The molecule has 8 heteroatoms. The number of hydrogen-bond donors (Lipinski definition) is 1. The molecule has 1 aromatic heterocycles. The lowest BCUT2D eigenvalue weighted by atomic mass is 9.77. The van der Waals surface area contributed by atoms with Crippen LogP contribution in [0.2, 0.25) is 0 Å². The topological polar surface area (TPSA) is 76.5 Å². The number of fused-ring (bicyclic) bond motifs is 1. The summed E-state index contributed by atoms with van der Waals surface area (Å²) in [5.41, 5.74) is 3.08. The molecule has 0 spiro atoms. The number of carbonyl (C=O) groups excluding carboxylic acids is 1. The summed E-state index contributed by atoms with van der Waals surface area (Å²) in [6.45, 7) is 14.6. The van der Waals surface area contributed by atoms with Crippen LogP contribution in [-0.4, -0.2) is 44.0 Å². The van der Waals surface area contributed by atoms with Gasteiger partial charge in [-0.2, -0.15) is 4.58 Å².